The average Bonchev–Trinajstić information content (AvgIpc) is 3.16. The zero-order valence-corrected chi connectivity index (χ0v) is 15.9. The smallest absolute Gasteiger partial charge is 0.237 e. The Morgan fingerprint density at radius 3 is 2.56 bits per heavy atom. The molecular weight excluding hydrogens is 366 g/mol. The summed E-state index contributed by atoms with van der Waals surface area (Å²) >= 11 is 1.28. The Balaban J connectivity index is 1.70. The summed E-state index contributed by atoms with van der Waals surface area (Å²) in [6.07, 6.45) is 0. The van der Waals surface area contributed by atoms with Crippen molar-refractivity contribution in [3.05, 3.63) is 48.5 Å². The van der Waals surface area contributed by atoms with Crippen molar-refractivity contribution < 1.29 is 14.3 Å². The number of aromatic nitrogens is 4. The van der Waals surface area contributed by atoms with Crippen LogP contribution in [-0.4, -0.2) is 45.6 Å². The number of tetrazole rings is 1. The van der Waals surface area contributed by atoms with Gasteiger partial charge < -0.3 is 14.8 Å². The highest BCUT2D eigenvalue weighted by atomic mass is 32.2. The number of benzene rings is 2. The predicted octanol–water partition coefficient (Wildman–Crippen LogP) is 2.80. The maximum Gasteiger partial charge on any atom is 0.237 e. The Morgan fingerprint density at radius 2 is 1.85 bits per heavy atom. The van der Waals surface area contributed by atoms with Crippen molar-refractivity contribution in [3.63, 3.8) is 0 Å². The van der Waals surface area contributed by atoms with E-state index < -0.39 is 5.25 Å². The van der Waals surface area contributed by atoms with Gasteiger partial charge in [0, 0.05) is 11.8 Å². The molecule has 1 N–H and O–H groups in total. The van der Waals surface area contributed by atoms with Gasteiger partial charge in [-0.2, -0.15) is 4.68 Å². The van der Waals surface area contributed by atoms with E-state index in [2.05, 4.69) is 20.8 Å². The van der Waals surface area contributed by atoms with E-state index in [1.165, 1.54) is 11.8 Å². The number of ether oxygens (including phenoxy) is 2. The number of methoxy groups -OCH3 is 2. The summed E-state index contributed by atoms with van der Waals surface area (Å²) < 4.78 is 12.1. The average molecular weight is 385 g/mol. The third-order valence-electron chi connectivity index (χ3n) is 3.74. The van der Waals surface area contributed by atoms with Crippen LogP contribution in [0.2, 0.25) is 0 Å². The number of rotatable bonds is 7. The molecule has 140 valence electrons. The molecule has 8 nitrogen and oxygen atoms in total. The third-order valence-corrected chi connectivity index (χ3v) is 4.78. The number of amides is 1. The van der Waals surface area contributed by atoms with Crippen LogP contribution in [0.4, 0.5) is 5.69 Å². The topological polar surface area (TPSA) is 91.2 Å². The van der Waals surface area contributed by atoms with Crippen molar-refractivity contribution >= 4 is 23.4 Å². The molecule has 0 aliphatic rings. The lowest BCUT2D eigenvalue weighted by atomic mass is 10.2. The van der Waals surface area contributed by atoms with Gasteiger partial charge >= 0.3 is 0 Å². The van der Waals surface area contributed by atoms with Crippen LogP contribution in [0.1, 0.15) is 6.92 Å². The van der Waals surface area contributed by atoms with E-state index in [-0.39, 0.29) is 5.91 Å². The summed E-state index contributed by atoms with van der Waals surface area (Å²) in [6.45, 7) is 1.80. The number of hydrogen-bond acceptors (Lipinski definition) is 7. The van der Waals surface area contributed by atoms with Crippen LogP contribution >= 0.6 is 11.8 Å². The summed E-state index contributed by atoms with van der Waals surface area (Å²) in [6, 6.07) is 14.7. The fourth-order valence-electron chi connectivity index (χ4n) is 2.35. The van der Waals surface area contributed by atoms with Crippen LogP contribution < -0.4 is 14.8 Å². The van der Waals surface area contributed by atoms with Crippen molar-refractivity contribution in [1.29, 1.82) is 0 Å². The van der Waals surface area contributed by atoms with Crippen LogP contribution in [0.15, 0.2) is 53.7 Å². The minimum atomic E-state index is -0.411. The highest BCUT2D eigenvalue weighted by molar-refractivity contribution is 8.00. The molecule has 1 heterocycles. The highest BCUT2D eigenvalue weighted by Gasteiger charge is 2.20. The fourth-order valence-corrected chi connectivity index (χ4v) is 3.16. The normalized spacial score (nSPS) is 11.7. The van der Waals surface area contributed by atoms with Gasteiger partial charge in [0.25, 0.3) is 0 Å². The minimum absolute atomic E-state index is 0.171. The number of para-hydroxylation sites is 1. The molecular formula is C18H19N5O3S. The van der Waals surface area contributed by atoms with Crippen molar-refractivity contribution in [2.45, 2.75) is 17.3 Å². The molecule has 9 heteroatoms. The second-order valence-corrected chi connectivity index (χ2v) is 6.84. The number of carbonyl (C=O) groups is 1. The first-order valence-corrected chi connectivity index (χ1v) is 9.03. The molecule has 0 radical (unpaired) electrons. The molecule has 3 rings (SSSR count). The Hall–Kier alpha value is -3.07. The van der Waals surface area contributed by atoms with Crippen molar-refractivity contribution in [2.75, 3.05) is 19.5 Å². The standard InChI is InChI=1S/C18H19N5O3S/c1-12(17(24)19-13-9-10-15(25-2)16(11-13)26-3)27-18-20-21-22-23(18)14-7-5-4-6-8-14/h4-12H,1-3H3,(H,19,24)/t12-/m1/s1. The summed E-state index contributed by atoms with van der Waals surface area (Å²) in [4.78, 5) is 12.6. The van der Waals surface area contributed by atoms with Gasteiger partial charge in [0.1, 0.15) is 0 Å². The maximum atomic E-state index is 12.6. The first kappa shape index (κ1) is 18.7. The Morgan fingerprint density at radius 1 is 1.11 bits per heavy atom. The minimum Gasteiger partial charge on any atom is -0.493 e. The number of nitrogens with zero attached hydrogens (tertiary/aromatic N) is 4. The quantitative estimate of drug-likeness (QED) is 0.625. The Bertz CT molecular complexity index is 916. The second kappa shape index (κ2) is 8.54. The maximum absolute atomic E-state index is 12.6. The zero-order chi connectivity index (χ0) is 19.2. The molecule has 0 bridgehead atoms. The second-order valence-electron chi connectivity index (χ2n) is 5.53. The van der Waals surface area contributed by atoms with Gasteiger partial charge in [-0.1, -0.05) is 30.0 Å². The van der Waals surface area contributed by atoms with Crippen LogP contribution in [0.25, 0.3) is 5.69 Å². The van der Waals surface area contributed by atoms with Crippen LogP contribution in [0.3, 0.4) is 0 Å². The molecule has 0 saturated heterocycles. The summed E-state index contributed by atoms with van der Waals surface area (Å²) in [5.74, 6) is 0.971. The van der Waals surface area contributed by atoms with E-state index in [4.69, 9.17) is 9.47 Å². The Labute approximate surface area is 160 Å². The summed E-state index contributed by atoms with van der Waals surface area (Å²) in [5.41, 5.74) is 1.45. The largest absolute Gasteiger partial charge is 0.493 e. The van der Waals surface area contributed by atoms with Gasteiger partial charge in [-0.15, -0.1) is 5.10 Å². The molecule has 0 saturated carbocycles. The molecule has 0 aliphatic heterocycles. The molecule has 1 amide bonds. The number of anilines is 1. The molecule has 0 spiro atoms. The molecule has 1 aromatic heterocycles. The number of thioether (sulfide) groups is 1. The van der Waals surface area contributed by atoms with E-state index in [0.717, 1.165) is 5.69 Å². The first-order valence-electron chi connectivity index (χ1n) is 8.15. The van der Waals surface area contributed by atoms with Gasteiger partial charge in [0.15, 0.2) is 11.5 Å². The predicted molar refractivity (Wildman–Crippen MR) is 103 cm³/mol. The molecule has 0 aliphatic carbocycles. The van der Waals surface area contributed by atoms with E-state index in [1.54, 1.807) is 44.0 Å². The fraction of sp³-hybridized carbons (Fsp3) is 0.222. The van der Waals surface area contributed by atoms with Gasteiger partial charge in [0.05, 0.1) is 25.2 Å². The third kappa shape index (κ3) is 4.37. The highest BCUT2D eigenvalue weighted by Crippen LogP contribution is 2.30. The van der Waals surface area contributed by atoms with E-state index in [9.17, 15) is 4.79 Å². The van der Waals surface area contributed by atoms with E-state index in [0.29, 0.717) is 22.3 Å². The van der Waals surface area contributed by atoms with Gasteiger partial charge in [-0.05, 0) is 41.6 Å². The Kier molecular flexibility index (Phi) is 5.92. The van der Waals surface area contributed by atoms with Gasteiger partial charge in [-0.3, -0.25) is 4.79 Å². The van der Waals surface area contributed by atoms with Gasteiger partial charge in [-0.25, -0.2) is 0 Å². The summed E-state index contributed by atoms with van der Waals surface area (Å²) in [7, 11) is 3.11. The molecule has 0 unspecified atom stereocenters. The number of carbonyl (C=O) groups excluding carboxylic acids is 1. The van der Waals surface area contributed by atoms with E-state index in [1.807, 2.05) is 30.3 Å². The lowest BCUT2D eigenvalue weighted by molar-refractivity contribution is -0.115. The van der Waals surface area contributed by atoms with Crippen LogP contribution in [0, 0.1) is 0 Å². The van der Waals surface area contributed by atoms with Crippen molar-refractivity contribution in [2.24, 2.45) is 0 Å². The zero-order valence-electron chi connectivity index (χ0n) is 15.1. The monoisotopic (exact) mass is 385 g/mol. The summed E-state index contributed by atoms with van der Waals surface area (Å²) in [5, 5.41) is 14.7. The van der Waals surface area contributed by atoms with Crippen LogP contribution in [-0.2, 0) is 4.79 Å². The SMILES string of the molecule is COc1ccc(NC(=O)[C@@H](C)Sc2nnnn2-c2ccccc2)cc1OC. The lowest BCUT2D eigenvalue weighted by Gasteiger charge is -2.13. The molecule has 0 fully saturated rings. The van der Waals surface area contributed by atoms with Gasteiger partial charge in [0.2, 0.25) is 11.1 Å². The molecule has 2 aromatic carbocycles. The van der Waals surface area contributed by atoms with Crippen molar-refractivity contribution in [3.8, 4) is 17.2 Å². The number of hydrogen-bond donors (Lipinski definition) is 1. The van der Waals surface area contributed by atoms with Crippen LogP contribution in [0.5, 0.6) is 11.5 Å². The van der Waals surface area contributed by atoms with Crippen molar-refractivity contribution in [1.82, 2.24) is 20.2 Å². The number of nitrogens with one attached hydrogen (secondary N) is 1. The first-order chi connectivity index (χ1) is 13.1. The molecule has 27 heavy (non-hydrogen) atoms. The molecule has 1 atom stereocenters. The molecule has 3 aromatic rings. The lowest BCUT2D eigenvalue weighted by Crippen LogP contribution is -2.23. The van der Waals surface area contributed by atoms with E-state index >= 15 is 0 Å².